The predicted octanol–water partition coefficient (Wildman–Crippen LogP) is 1.77. The van der Waals surface area contributed by atoms with Crippen molar-refractivity contribution in [3.05, 3.63) is 0 Å². The Bertz CT molecular complexity index is 257. The van der Waals surface area contributed by atoms with E-state index in [2.05, 4.69) is 23.9 Å². The molecule has 3 nitrogen and oxygen atoms in total. The van der Waals surface area contributed by atoms with Gasteiger partial charge in [-0.2, -0.15) is 0 Å². The zero-order valence-electron chi connectivity index (χ0n) is 11.3. The van der Waals surface area contributed by atoms with Crippen molar-refractivity contribution in [2.24, 2.45) is 5.92 Å². The summed E-state index contributed by atoms with van der Waals surface area (Å²) in [6, 6.07) is 0.268. The van der Waals surface area contributed by atoms with Crippen molar-refractivity contribution in [2.45, 2.75) is 44.6 Å². The molecule has 0 amide bonds. The minimum Gasteiger partial charge on any atom is -0.309 e. The highest BCUT2D eigenvalue weighted by molar-refractivity contribution is 5.84. The Kier molecular flexibility index (Phi) is 4.57. The second-order valence-electron chi connectivity index (χ2n) is 5.97. The molecule has 1 heterocycles. The van der Waals surface area contributed by atoms with Gasteiger partial charge in [0.1, 0.15) is 5.78 Å². The van der Waals surface area contributed by atoms with Crippen LogP contribution in [0.1, 0.15) is 38.5 Å². The topological polar surface area (TPSA) is 23.6 Å². The molecule has 1 saturated heterocycles. The third-order valence-corrected chi connectivity index (χ3v) is 4.24. The van der Waals surface area contributed by atoms with E-state index in [0.29, 0.717) is 5.78 Å². The zero-order chi connectivity index (χ0) is 12.3. The van der Waals surface area contributed by atoms with Gasteiger partial charge in [-0.1, -0.05) is 6.42 Å². The monoisotopic (exact) mass is 238 g/mol. The molecular formula is C14H26N2O. The highest BCUT2D eigenvalue weighted by atomic mass is 16.1. The maximum Gasteiger partial charge on any atom is 0.149 e. The number of piperidine rings is 1. The van der Waals surface area contributed by atoms with Crippen LogP contribution in [-0.4, -0.2) is 55.4 Å². The molecule has 2 rings (SSSR count). The van der Waals surface area contributed by atoms with Crippen LogP contribution in [0.5, 0.6) is 0 Å². The first-order valence-corrected chi connectivity index (χ1v) is 7.08. The molecule has 1 atom stereocenters. The van der Waals surface area contributed by atoms with Crippen molar-refractivity contribution >= 4 is 5.78 Å². The van der Waals surface area contributed by atoms with Gasteiger partial charge in [-0.15, -0.1) is 0 Å². The van der Waals surface area contributed by atoms with Crippen LogP contribution in [0.3, 0.4) is 0 Å². The molecule has 0 bridgehead atoms. The molecule has 1 saturated carbocycles. The van der Waals surface area contributed by atoms with E-state index in [1.54, 1.807) is 0 Å². The summed E-state index contributed by atoms with van der Waals surface area (Å²) >= 11 is 0. The number of rotatable bonds is 3. The lowest BCUT2D eigenvalue weighted by Gasteiger charge is -2.38. The molecule has 17 heavy (non-hydrogen) atoms. The number of Topliss-reactive ketones (excluding diaryl/α,β-unsaturated/α-hetero) is 1. The summed E-state index contributed by atoms with van der Waals surface area (Å²) in [6.07, 6.45) is 6.82. The van der Waals surface area contributed by atoms with Gasteiger partial charge in [0.2, 0.25) is 0 Å². The summed E-state index contributed by atoms with van der Waals surface area (Å²) in [5.41, 5.74) is 0. The first kappa shape index (κ1) is 13.0. The van der Waals surface area contributed by atoms with E-state index in [1.807, 2.05) is 0 Å². The quantitative estimate of drug-likeness (QED) is 0.748. The molecule has 1 unspecified atom stereocenters. The molecule has 98 valence electrons. The van der Waals surface area contributed by atoms with Crippen LogP contribution in [0.4, 0.5) is 0 Å². The fourth-order valence-corrected chi connectivity index (χ4v) is 3.31. The lowest BCUT2D eigenvalue weighted by Crippen LogP contribution is -2.47. The Morgan fingerprint density at radius 2 is 1.88 bits per heavy atom. The molecule has 0 N–H and O–H groups in total. The van der Waals surface area contributed by atoms with Crippen LogP contribution in [0, 0.1) is 5.92 Å². The largest absolute Gasteiger partial charge is 0.309 e. The summed E-state index contributed by atoms with van der Waals surface area (Å²) in [4.78, 5) is 16.6. The smallest absolute Gasteiger partial charge is 0.149 e. The van der Waals surface area contributed by atoms with Crippen LogP contribution in [0.15, 0.2) is 0 Å². The number of ketones is 1. The summed E-state index contributed by atoms with van der Waals surface area (Å²) in [5, 5.41) is 0. The Labute approximate surface area is 105 Å². The second kappa shape index (κ2) is 5.96. The van der Waals surface area contributed by atoms with Gasteiger partial charge in [0.15, 0.2) is 0 Å². The van der Waals surface area contributed by atoms with Gasteiger partial charge in [0.05, 0.1) is 6.04 Å². The Morgan fingerprint density at radius 1 is 1.18 bits per heavy atom. The Hall–Kier alpha value is -0.410. The lowest BCUT2D eigenvalue weighted by atomic mass is 9.89. The zero-order valence-corrected chi connectivity index (χ0v) is 11.3. The van der Waals surface area contributed by atoms with Crippen molar-refractivity contribution in [1.82, 2.24) is 9.80 Å². The van der Waals surface area contributed by atoms with Crippen molar-refractivity contribution in [1.29, 1.82) is 0 Å². The van der Waals surface area contributed by atoms with Gasteiger partial charge >= 0.3 is 0 Å². The van der Waals surface area contributed by atoms with E-state index < -0.39 is 0 Å². The standard InChI is InChI=1S/C14H26N2O/c1-15(2)11-12-7-9-16(10-8-12)13-5-3-4-6-14(13)17/h12-13H,3-11H2,1-2H3. The maximum absolute atomic E-state index is 11.9. The van der Waals surface area contributed by atoms with Gasteiger partial charge in [0, 0.05) is 13.0 Å². The molecule has 0 radical (unpaired) electrons. The molecule has 0 aromatic rings. The summed E-state index contributed by atoms with van der Waals surface area (Å²) in [7, 11) is 4.30. The van der Waals surface area contributed by atoms with Crippen molar-refractivity contribution in [3.8, 4) is 0 Å². The normalized spacial score (nSPS) is 28.9. The third kappa shape index (κ3) is 3.52. The minimum absolute atomic E-state index is 0.268. The Balaban J connectivity index is 1.80. The highest BCUT2D eigenvalue weighted by Gasteiger charge is 2.30. The molecule has 2 aliphatic rings. The van der Waals surface area contributed by atoms with Crippen LogP contribution < -0.4 is 0 Å². The number of nitrogens with zero attached hydrogens (tertiary/aromatic N) is 2. The molecular weight excluding hydrogens is 212 g/mol. The third-order valence-electron chi connectivity index (χ3n) is 4.24. The second-order valence-corrected chi connectivity index (χ2v) is 5.97. The van der Waals surface area contributed by atoms with Gasteiger partial charge in [-0.3, -0.25) is 9.69 Å². The molecule has 3 heteroatoms. The van der Waals surface area contributed by atoms with Crippen LogP contribution in [0.2, 0.25) is 0 Å². The number of hydrogen-bond acceptors (Lipinski definition) is 3. The van der Waals surface area contributed by atoms with E-state index in [0.717, 1.165) is 38.3 Å². The molecule has 0 aromatic heterocycles. The van der Waals surface area contributed by atoms with Gasteiger partial charge < -0.3 is 4.90 Å². The molecule has 1 aliphatic heterocycles. The fourth-order valence-electron chi connectivity index (χ4n) is 3.31. The fraction of sp³-hybridized carbons (Fsp3) is 0.929. The molecule has 1 aliphatic carbocycles. The Morgan fingerprint density at radius 3 is 2.47 bits per heavy atom. The number of likely N-dealkylation sites (tertiary alicyclic amines) is 1. The molecule has 0 spiro atoms. The van der Waals surface area contributed by atoms with Gasteiger partial charge in [-0.25, -0.2) is 0 Å². The predicted molar refractivity (Wildman–Crippen MR) is 70.1 cm³/mol. The van der Waals surface area contributed by atoms with Gasteiger partial charge in [-0.05, 0) is 58.8 Å². The first-order valence-electron chi connectivity index (χ1n) is 7.08. The number of hydrogen-bond donors (Lipinski definition) is 0. The lowest BCUT2D eigenvalue weighted by molar-refractivity contribution is -0.126. The average Bonchev–Trinajstić information content (AvgIpc) is 2.30. The van der Waals surface area contributed by atoms with Crippen molar-refractivity contribution in [3.63, 3.8) is 0 Å². The minimum atomic E-state index is 0.268. The highest BCUT2D eigenvalue weighted by Crippen LogP contribution is 2.25. The number of carbonyl (C=O) groups is 1. The van der Waals surface area contributed by atoms with Crippen LogP contribution >= 0.6 is 0 Å². The van der Waals surface area contributed by atoms with E-state index in [-0.39, 0.29) is 6.04 Å². The van der Waals surface area contributed by atoms with Gasteiger partial charge in [0.25, 0.3) is 0 Å². The summed E-state index contributed by atoms with van der Waals surface area (Å²) in [6.45, 7) is 3.47. The van der Waals surface area contributed by atoms with E-state index >= 15 is 0 Å². The maximum atomic E-state index is 11.9. The SMILES string of the molecule is CN(C)CC1CCN(C2CCCCC2=O)CC1. The summed E-state index contributed by atoms with van der Waals surface area (Å²) < 4.78 is 0. The van der Waals surface area contributed by atoms with Crippen LogP contribution in [-0.2, 0) is 4.79 Å². The summed E-state index contributed by atoms with van der Waals surface area (Å²) in [5.74, 6) is 1.34. The molecule has 0 aromatic carbocycles. The van der Waals surface area contributed by atoms with E-state index in [4.69, 9.17) is 0 Å². The van der Waals surface area contributed by atoms with E-state index in [9.17, 15) is 4.79 Å². The first-order chi connectivity index (χ1) is 8.16. The van der Waals surface area contributed by atoms with Crippen molar-refractivity contribution < 1.29 is 4.79 Å². The molecule has 2 fully saturated rings. The number of carbonyl (C=O) groups excluding carboxylic acids is 1. The van der Waals surface area contributed by atoms with Crippen LogP contribution in [0.25, 0.3) is 0 Å². The average molecular weight is 238 g/mol. The van der Waals surface area contributed by atoms with E-state index in [1.165, 1.54) is 25.8 Å². The van der Waals surface area contributed by atoms with Crippen molar-refractivity contribution in [2.75, 3.05) is 33.7 Å².